The lowest BCUT2D eigenvalue weighted by atomic mass is 10.4. The average molecular weight is 313 g/mol. The Bertz CT molecular complexity index is 503. The molecule has 0 atom stereocenters. The highest BCUT2D eigenvalue weighted by atomic mass is 35.5. The lowest BCUT2D eigenvalue weighted by molar-refractivity contribution is -0.143. The van der Waals surface area contributed by atoms with Crippen LogP contribution in [0, 0.1) is 0 Å². The predicted octanol–water partition coefficient (Wildman–Crippen LogP) is 1.82. The fourth-order valence-corrected chi connectivity index (χ4v) is 1.62. The monoisotopic (exact) mass is 312 g/mol. The second-order valence-corrected chi connectivity index (χ2v) is 4.65. The second kappa shape index (κ2) is 6.94. The summed E-state index contributed by atoms with van der Waals surface area (Å²) in [4.78, 5) is 13.7. The first kappa shape index (κ1) is 16.8. The molecule has 1 aromatic rings. The smallest absolute Gasteiger partial charge is 0.381 e. The number of hydrogen-bond donors (Lipinski definition) is 1. The van der Waals surface area contributed by atoms with E-state index in [1.165, 1.54) is 0 Å². The van der Waals surface area contributed by atoms with Crippen LogP contribution >= 0.6 is 11.6 Å². The van der Waals surface area contributed by atoms with Gasteiger partial charge in [0.05, 0.1) is 11.9 Å². The molecule has 1 rings (SSSR count). The Morgan fingerprint density at radius 1 is 1.50 bits per heavy atom. The molecule has 0 amide bonds. The van der Waals surface area contributed by atoms with E-state index in [-0.39, 0.29) is 10.7 Å². The third-order valence-electron chi connectivity index (χ3n) is 2.66. The fraction of sp³-hybridized carbons (Fsp3) is 0.636. The van der Waals surface area contributed by atoms with Gasteiger partial charge in [-0.15, -0.1) is 0 Å². The summed E-state index contributed by atoms with van der Waals surface area (Å²) in [5.41, 5.74) is -0.725. The lowest BCUT2D eigenvalue weighted by Crippen LogP contribution is -2.31. The van der Waals surface area contributed by atoms with E-state index in [0.29, 0.717) is 17.8 Å². The van der Waals surface area contributed by atoms with Crippen molar-refractivity contribution in [2.45, 2.75) is 19.6 Å². The summed E-state index contributed by atoms with van der Waals surface area (Å²) in [6, 6.07) is 0. The largest absolute Gasteiger partial charge is 0.408 e. The molecule has 0 bridgehead atoms. The highest BCUT2D eigenvalue weighted by Gasteiger charge is 2.29. The zero-order chi connectivity index (χ0) is 15.3. The van der Waals surface area contributed by atoms with Crippen LogP contribution in [-0.2, 0) is 6.54 Å². The average Bonchev–Trinajstić information content (AvgIpc) is 2.36. The van der Waals surface area contributed by atoms with Crippen LogP contribution in [0.1, 0.15) is 6.92 Å². The van der Waals surface area contributed by atoms with Crippen molar-refractivity contribution in [2.24, 2.45) is 0 Å². The van der Waals surface area contributed by atoms with Crippen molar-refractivity contribution >= 4 is 17.3 Å². The van der Waals surface area contributed by atoms with Gasteiger partial charge in [-0.05, 0) is 13.6 Å². The molecule has 0 saturated carbocycles. The molecule has 0 aliphatic rings. The number of nitrogens with zero attached hydrogens (tertiary/aromatic N) is 3. The van der Waals surface area contributed by atoms with Crippen molar-refractivity contribution in [1.82, 2.24) is 14.7 Å². The molecule has 0 unspecified atom stereocenters. The van der Waals surface area contributed by atoms with Crippen LogP contribution < -0.4 is 10.9 Å². The van der Waals surface area contributed by atoms with Crippen molar-refractivity contribution in [3.8, 4) is 0 Å². The van der Waals surface area contributed by atoms with Gasteiger partial charge in [-0.1, -0.05) is 18.5 Å². The van der Waals surface area contributed by atoms with Gasteiger partial charge in [0.25, 0.3) is 5.56 Å². The SMILES string of the molecule is CCN(C)CCNc1cnn(CC(F)(F)F)c(=O)c1Cl. The number of rotatable bonds is 6. The van der Waals surface area contributed by atoms with Crippen LogP contribution in [0.4, 0.5) is 18.9 Å². The molecule has 0 saturated heterocycles. The lowest BCUT2D eigenvalue weighted by Gasteiger charge is -2.15. The molecule has 1 heterocycles. The summed E-state index contributed by atoms with van der Waals surface area (Å²) in [7, 11) is 1.92. The van der Waals surface area contributed by atoms with Gasteiger partial charge in [0.15, 0.2) is 0 Å². The van der Waals surface area contributed by atoms with E-state index in [1.807, 2.05) is 18.9 Å². The van der Waals surface area contributed by atoms with Crippen LogP contribution in [0.3, 0.4) is 0 Å². The summed E-state index contributed by atoms with van der Waals surface area (Å²) >= 11 is 5.76. The minimum atomic E-state index is -4.51. The molecule has 0 fully saturated rings. The number of anilines is 1. The summed E-state index contributed by atoms with van der Waals surface area (Å²) in [6.07, 6.45) is -3.39. The van der Waals surface area contributed by atoms with E-state index in [9.17, 15) is 18.0 Å². The minimum Gasteiger partial charge on any atom is -0.381 e. The third kappa shape index (κ3) is 5.01. The van der Waals surface area contributed by atoms with Crippen molar-refractivity contribution in [1.29, 1.82) is 0 Å². The van der Waals surface area contributed by atoms with Crippen LogP contribution in [0.25, 0.3) is 0 Å². The molecular formula is C11H16ClF3N4O. The summed E-state index contributed by atoms with van der Waals surface area (Å²) in [5, 5.41) is 6.06. The molecule has 0 aromatic carbocycles. The first-order chi connectivity index (χ1) is 9.24. The van der Waals surface area contributed by atoms with Gasteiger partial charge < -0.3 is 10.2 Å². The first-order valence-corrected chi connectivity index (χ1v) is 6.37. The highest BCUT2D eigenvalue weighted by molar-refractivity contribution is 6.32. The molecule has 20 heavy (non-hydrogen) atoms. The van der Waals surface area contributed by atoms with Gasteiger partial charge in [-0.25, -0.2) is 4.68 Å². The Balaban J connectivity index is 2.77. The van der Waals surface area contributed by atoms with Crippen molar-refractivity contribution in [2.75, 3.05) is 32.0 Å². The number of aromatic nitrogens is 2. The van der Waals surface area contributed by atoms with E-state index in [2.05, 4.69) is 10.4 Å². The number of alkyl halides is 3. The predicted molar refractivity (Wildman–Crippen MR) is 71.2 cm³/mol. The standard InChI is InChI=1S/C11H16ClF3N4O/c1-3-18(2)5-4-16-8-6-17-19(7-11(13,14)15)10(20)9(8)12/h6,16H,3-5,7H2,1-2H3. The second-order valence-electron chi connectivity index (χ2n) is 4.27. The molecular weight excluding hydrogens is 297 g/mol. The van der Waals surface area contributed by atoms with E-state index >= 15 is 0 Å². The Morgan fingerprint density at radius 3 is 2.70 bits per heavy atom. The summed E-state index contributed by atoms with van der Waals surface area (Å²) < 4.78 is 37.0. The summed E-state index contributed by atoms with van der Waals surface area (Å²) in [6.45, 7) is 2.62. The first-order valence-electron chi connectivity index (χ1n) is 5.99. The van der Waals surface area contributed by atoms with Crippen LogP contribution in [0.5, 0.6) is 0 Å². The molecule has 0 aliphatic carbocycles. The maximum Gasteiger partial charge on any atom is 0.408 e. The number of hydrogen-bond acceptors (Lipinski definition) is 4. The highest BCUT2D eigenvalue weighted by Crippen LogP contribution is 2.18. The van der Waals surface area contributed by atoms with Crippen LogP contribution in [0.15, 0.2) is 11.0 Å². The maximum atomic E-state index is 12.2. The van der Waals surface area contributed by atoms with Gasteiger partial charge in [0.1, 0.15) is 11.6 Å². The Hall–Kier alpha value is -1.28. The fourth-order valence-electron chi connectivity index (χ4n) is 1.41. The van der Waals surface area contributed by atoms with E-state index in [1.54, 1.807) is 0 Å². The molecule has 1 aromatic heterocycles. The van der Waals surface area contributed by atoms with Gasteiger partial charge in [-0.3, -0.25) is 4.79 Å². The molecule has 0 spiro atoms. The van der Waals surface area contributed by atoms with E-state index in [4.69, 9.17) is 11.6 Å². The molecule has 0 radical (unpaired) electrons. The number of nitrogens with one attached hydrogen (secondary N) is 1. The quantitative estimate of drug-likeness (QED) is 0.870. The topological polar surface area (TPSA) is 50.2 Å². The van der Waals surface area contributed by atoms with Crippen molar-refractivity contribution in [3.63, 3.8) is 0 Å². The number of halogens is 4. The van der Waals surface area contributed by atoms with Crippen LogP contribution in [0.2, 0.25) is 5.02 Å². The Labute approximate surface area is 119 Å². The summed E-state index contributed by atoms with van der Waals surface area (Å²) in [5.74, 6) is 0. The van der Waals surface area contributed by atoms with Gasteiger partial charge in [-0.2, -0.15) is 18.3 Å². The zero-order valence-electron chi connectivity index (χ0n) is 11.2. The molecule has 1 N–H and O–H groups in total. The van der Waals surface area contributed by atoms with Gasteiger partial charge in [0.2, 0.25) is 0 Å². The van der Waals surface area contributed by atoms with Gasteiger partial charge in [0, 0.05) is 13.1 Å². The van der Waals surface area contributed by atoms with Crippen molar-refractivity contribution < 1.29 is 13.2 Å². The molecule has 5 nitrogen and oxygen atoms in total. The van der Waals surface area contributed by atoms with Crippen molar-refractivity contribution in [3.05, 3.63) is 21.6 Å². The zero-order valence-corrected chi connectivity index (χ0v) is 11.9. The van der Waals surface area contributed by atoms with E-state index in [0.717, 1.165) is 12.7 Å². The molecule has 0 aliphatic heterocycles. The molecule has 9 heteroatoms. The van der Waals surface area contributed by atoms with Crippen LogP contribution in [-0.4, -0.2) is 47.5 Å². The minimum absolute atomic E-state index is 0.236. The third-order valence-corrected chi connectivity index (χ3v) is 3.03. The van der Waals surface area contributed by atoms with E-state index < -0.39 is 18.3 Å². The normalized spacial score (nSPS) is 11.9. The Kier molecular flexibility index (Phi) is 5.82. The maximum absolute atomic E-state index is 12.2. The number of likely N-dealkylation sites (N-methyl/N-ethyl adjacent to an activating group) is 1. The van der Waals surface area contributed by atoms with Gasteiger partial charge >= 0.3 is 6.18 Å². The molecule has 114 valence electrons. The Morgan fingerprint density at radius 2 is 2.15 bits per heavy atom.